The van der Waals surface area contributed by atoms with Gasteiger partial charge in [0.05, 0.1) is 45.5 Å². The lowest BCUT2D eigenvalue weighted by Gasteiger charge is -2.24. The molecule has 1 N–H and O–H groups in total. The molecule has 2 saturated heterocycles. The van der Waals surface area contributed by atoms with E-state index in [2.05, 4.69) is 34.0 Å². The first-order valence-electron chi connectivity index (χ1n) is 14.3. The number of hydrogen-bond acceptors (Lipinski definition) is 9. The summed E-state index contributed by atoms with van der Waals surface area (Å²) >= 11 is 0. The SMILES string of the molecule is CC(C)CN1C[C@@H]2CN(c3cccc(-c4ccc5cnc(CNC(=O)c6cncc(S(C)(=O)=O)c6)cc5n4)n3)C[C@@H]2C1=O.[HH]. The number of carbonyl (C=O) groups is 2. The van der Waals surface area contributed by atoms with Gasteiger partial charge in [-0.3, -0.25) is 19.6 Å². The van der Waals surface area contributed by atoms with Gasteiger partial charge in [0, 0.05) is 63.8 Å². The van der Waals surface area contributed by atoms with Crippen LogP contribution in [0, 0.1) is 17.8 Å². The van der Waals surface area contributed by atoms with Crippen molar-refractivity contribution < 1.29 is 19.4 Å². The van der Waals surface area contributed by atoms with Gasteiger partial charge in [-0.05, 0) is 42.3 Å². The Labute approximate surface area is 251 Å². The summed E-state index contributed by atoms with van der Waals surface area (Å²) in [5.74, 6) is 1.44. The summed E-state index contributed by atoms with van der Waals surface area (Å²) in [6.07, 6.45) is 5.30. The number of fused-ring (bicyclic) bond motifs is 2. The van der Waals surface area contributed by atoms with Gasteiger partial charge in [-0.1, -0.05) is 19.9 Å². The van der Waals surface area contributed by atoms with E-state index in [4.69, 9.17) is 9.97 Å². The van der Waals surface area contributed by atoms with Crippen molar-refractivity contribution in [2.45, 2.75) is 25.3 Å². The first-order valence-corrected chi connectivity index (χ1v) is 16.1. The van der Waals surface area contributed by atoms with Gasteiger partial charge < -0.3 is 15.1 Å². The van der Waals surface area contributed by atoms with Gasteiger partial charge in [-0.25, -0.2) is 18.4 Å². The lowest BCUT2D eigenvalue weighted by atomic mass is 10.0. The van der Waals surface area contributed by atoms with Crippen LogP contribution in [0.25, 0.3) is 22.3 Å². The number of nitrogens with zero attached hydrogens (tertiary/aromatic N) is 6. The van der Waals surface area contributed by atoms with Crippen molar-refractivity contribution in [3.8, 4) is 11.4 Å². The predicted octanol–water partition coefficient (Wildman–Crippen LogP) is 3.22. The molecule has 0 radical (unpaired) electrons. The first kappa shape index (κ1) is 28.7. The molecule has 0 unspecified atom stereocenters. The highest BCUT2D eigenvalue weighted by Crippen LogP contribution is 2.35. The van der Waals surface area contributed by atoms with Gasteiger partial charge >= 0.3 is 0 Å². The Bertz CT molecular complexity index is 1840. The molecule has 0 aromatic carbocycles. The van der Waals surface area contributed by atoms with Crippen molar-refractivity contribution in [2.24, 2.45) is 17.8 Å². The van der Waals surface area contributed by atoms with E-state index in [1.165, 1.54) is 18.5 Å². The van der Waals surface area contributed by atoms with E-state index in [-0.39, 0.29) is 30.3 Å². The molecule has 2 fully saturated rings. The lowest BCUT2D eigenvalue weighted by molar-refractivity contribution is -0.131. The number of pyridine rings is 4. The van der Waals surface area contributed by atoms with E-state index in [1.54, 1.807) is 6.20 Å². The van der Waals surface area contributed by atoms with Crippen LogP contribution >= 0.6 is 0 Å². The largest absolute Gasteiger partial charge is 0.355 e. The van der Waals surface area contributed by atoms with Crippen molar-refractivity contribution in [3.05, 3.63) is 72.3 Å². The Hall–Kier alpha value is -4.45. The number of amides is 2. The van der Waals surface area contributed by atoms with Crippen molar-refractivity contribution in [3.63, 3.8) is 0 Å². The number of aromatic nitrogens is 4. The molecule has 224 valence electrons. The van der Waals surface area contributed by atoms with Crippen LogP contribution in [0.1, 0.15) is 31.3 Å². The maximum Gasteiger partial charge on any atom is 0.253 e. The fourth-order valence-corrected chi connectivity index (χ4v) is 6.39. The second kappa shape index (κ2) is 11.3. The van der Waals surface area contributed by atoms with Crippen molar-refractivity contribution in [2.75, 3.05) is 37.3 Å². The van der Waals surface area contributed by atoms with Gasteiger partial charge in [0.2, 0.25) is 5.91 Å². The normalized spacial score (nSPS) is 18.5. The smallest absolute Gasteiger partial charge is 0.253 e. The molecule has 2 aliphatic rings. The standard InChI is InChI=1S/C31H33N7O4S.H2/c1-19(2)15-38-17-22-16-37(18-25(22)31(38)40)29-6-4-5-26(36-29)27-8-7-20-12-33-23(10-28(20)35-27)13-34-30(39)21-9-24(14-32-11-21)43(3,41)42;/h4-12,14,19,22,25H,13,15-18H2,1-3H3,(H,34,39);1H/t22-,25-;/m0./s1. The van der Waals surface area contributed by atoms with E-state index in [1.807, 2.05) is 41.3 Å². The second-order valence-corrected chi connectivity index (χ2v) is 13.7. The van der Waals surface area contributed by atoms with Crippen molar-refractivity contribution >= 4 is 38.4 Å². The average Bonchev–Trinajstić information content (AvgIpc) is 3.53. The van der Waals surface area contributed by atoms with Gasteiger partial charge in [-0.15, -0.1) is 0 Å². The van der Waals surface area contributed by atoms with Gasteiger partial charge in [0.15, 0.2) is 9.84 Å². The minimum absolute atomic E-state index is 0. The molecule has 6 rings (SSSR count). The molecule has 12 heteroatoms. The summed E-state index contributed by atoms with van der Waals surface area (Å²) in [4.78, 5) is 47.9. The van der Waals surface area contributed by atoms with Crippen molar-refractivity contribution in [1.29, 1.82) is 0 Å². The molecule has 0 spiro atoms. The molecule has 4 aromatic rings. The minimum Gasteiger partial charge on any atom is -0.355 e. The summed E-state index contributed by atoms with van der Waals surface area (Å²) in [6, 6.07) is 12.8. The number of sulfone groups is 1. The highest BCUT2D eigenvalue weighted by Gasteiger charge is 2.46. The van der Waals surface area contributed by atoms with Gasteiger partial charge in [0.1, 0.15) is 5.82 Å². The van der Waals surface area contributed by atoms with E-state index in [9.17, 15) is 18.0 Å². The van der Waals surface area contributed by atoms with Crippen LogP contribution in [0.15, 0.2) is 66.0 Å². The van der Waals surface area contributed by atoms with Crippen LogP contribution in [0.4, 0.5) is 5.82 Å². The molecule has 2 amide bonds. The van der Waals surface area contributed by atoms with Crippen LogP contribution in [-0.2, 0) is 21.2 Å². The third-order valence-electron chi connectivity index (χ3n) is 7.89. The molecule has 2 atom stereocenters. The topological polar surface area (TPSA) is 138 Å². The lowest BCUT2D eigenvalue weighted by Crippen LogP contribution is -2.35. The summed E-state index contributed by atoms with van der Waals surface area (Å²) in [6.45, 7) is 7.52. The number of anilines is 1. The first-order chi connectivity index (χ1) is 20.5. The monoisotopic (exact) mass is 601 g/mol. The molecule has 6 heterocycles. The zero-order valence-corrected chi connectivity index (χ0v) is 25.1. The Kier molecular flexibility index (Phi) is 7.55. The Morgan fingerprint density at radius 1 is 1.05 bits per heavy atom. The van der Waals surface area contributed by atoms with E-state index >= 15 is 0 Å². The molecule has 0 saturated carbocycles. The molecule has 4 aromatic heterocycles. The highest BCUT2D eigenvalue weighted by molar-refractivity contribution is 7.90. The maximum absolute atomic E-state index is 13.0. The quantitative estimate of drug-likeness (QED) is 0.323. The van der Waals surface area contributed by atoms with Gasteiger partial charge in [0.25, 0.3) is 5.91 Å². The van der Waals surface area contributed by atoms with Crippen LogP contribution < -0.4 is 10.2 Å². The number of nitrogens with one attached hydrogen (secondary N) is 1. The average molecular weight is 602 g/mol. The van der Waals surface area contributed by atoms with Crippen LogP contribution in [-0.4, -0.2) is 77.5 Å². The number of rotatable bonds is 8. The predicted molar refractivity (Wildman–Crippen MR) is 164 cm³/mol. The third kappa shape index (κ3) is 6.05. The second-order valence-electron chi connectivity index (χ2n) is 11.7. The molecule has 0 aliphatic carbocycles. The number of carbonyl (C=O) groups excluding carboxylic acids is 2. The minimum atomic E-state index is -3.48. The van der Waals surface area contributed by atoms with Crippen LogP contribution in [0.3, 0.4) is 0 Å². The zero-order chi connectivity index (χ0) is 30.3. The summed E-state index contributed by atoms with van der Waals surface area (Å²) < 4.78 is 23.6. The molecule has 0 bridgehead atoms. The number of hydrogen-bond donors (Lipinski definition) is 1. The molecule has 11 nitrogen and oxygen atoms in total. The summed E-state index contributed by atoms with van der Waals surface area (Å²) in [5.41, 5.74) is 2.89. The Morgan fingerprint density at radius 3 is 2.63 bits per heavy atom. The van der Waals surface area contributed by atoms with E-state index in [0.717, 1.165) is 42.8 Å². The molecular weight excluding hydrogens is 566 g/mol. The van der Waals surface area contributed by atoms with Crippen LogP contribution in [0.2, 0.25) is 0 Å². The highest BCUT2D eigenvalue weighted by atomic mass is 32.2. The third-order valence-corrected chi connectivity index (χ3v) is 8.97. The van der Waals surface area contributed by atoms with E-state index < -0.39 is 15.7 Å². The van der Waals surface area contributed by atoms with E-state index in [0.29, 0.717) is 35.3 Å². The zero-order valence-electron chi connectivity index (χ0n) is 24.3. The summed E-state index contributed by atoms with van der Waals surface area (Å²) in [5, 5.41) is 3.61. The molecule has 2 aliphatic heterocycles. The fourth-order valence-electron chi connectivity index (χ4n) is 5.79. The van der Waals surface area contributed by atoms with Crippen LogP contribution in [0.5, 0.6) is 0 Å². The maximum atomic E-state index is 13.0. The molecular formula is C31H35N7O4S. The fraction of sp³-hybridized carbons (Fsp3) is 0.355. The summed E-state index contributed by atoms with van der Waals surface area (Å²) in [7, 11) is -3.48. The number of likely N-dealkylation sites (tertiary alicyclic amines) is 1. The van der Waals surface area contributed by atoms with Crippen molar-refractivity contribution in [1.82, 2.24) is 30.2 Å². The van der Waals surface area contributed by atoms with Gasteiger partial charge in [-0.2, -0.15) is 0 Å². The molecule has 43 heavy (non-hydrogen) atoms. The Morgan fingerprint density at radius 2 is 1.86 bits per heavy atom. The Balaban J connectivity index is 0.00000384.